The number of hydrogen-bond acceptors (Lipinski definition) is 4. The third kappa shape index (κ3) is 5.50. The molecule has 0 radical (unpaired) electrons. The van der Waals surface area contributed by atoms with Gasteiger partial charge in [0.1, 0.15) is 18.1 Å². The molecule has 1 aliphatic rings. The van der Waals surface area contributed by atoms with Crippen molar-refractivity contribution in [1.82, 2.24) is 4.90 Å². The number of rotatable bonds is 8. The van der Waals surface area contributed by atoms with E-state index in [0.717, 1.165) is 50.8 Å². The van der Waals surface area contributed by atoms with Gasteiger partial charge in [-0.25, -0.2) is 0 Å². The lowest BCUT2D eigenvalue weighted by Crippen LogP contribution is -2.41. The molecule has 2 N–H and O–H groups in total. The molecule has 2 rings (SSSR count). The summed E-state index contributed by atoms with van der Waals surface area (Å²) in [7, 11) is 0. The molecular formula is C18H30N2O2. The molecule has 22 heavy (non-hydrogen) atoms. The number of likely N-dealkylation sites (tertiary alicyclic amines) is 1. The van der Waals surface area contributed by atoms with Gasteiger partial charge in [-0.2, -0.15) is 0 Å². The summed E-state index contributed by atoms with van der Waals surface area (Å²) < 4.78 is 11.4. The van der Waals surface area contributed by atoms with E-state index in [1.54, 1.807) is 0 Å². The molecule has 1 unspecified atom stereocenters. The van der Waals surface area contributed by atoms with Gasteiger partial charge >= 0.3 is 0 Å². The standard InChI is InChI=1S/C18H30N2O2/c1-3-13-21-17-4-6-18(7-5-17)22-14-12-20-10-8-16(9-11-20)15(2)19/h4-7,15-16H,3,8-14,19H2,1-2H3. The maximum absolute atomic E-state index is 5.98. The lowest BCUT2D eigenvalue weighted by molar-refractivity contribution is 0.147. The molecule has 1 aromatic rings. The van der Waals surface area contributed by atoms with Crippen molar-refractivity contribution in [3.63, 3.8) is 0 Å². The van der Waals surface area contributed by atoms with Crippen LogP contribution in [0.4, 0.5) is 0 Å². The summed E-state index contributed by atoms with van der Waals surface area (Å²) in [5.74, 6) is 2.51. The van der Waals surface area contributed by atoms with Gasteiger partial charge in [0.2, 0.25) is 0 Å². The maximum Gasteiger partial charge on any atom is 0.119 e. The average Bonchev–Trinajstić information content (AvgIpc) is 2.54. The first-order valence-electron chi connectivity index (χ1n) is 8.52. The summed E-state index contributed by atoms with van der Waals surface area (Å²) in [6.07, 6.45) is 3.44. The Balaban J connectivity index is 1.64. The molecule has 0 aromatic heterocycles. The summed E-state index contributed by atoms with van der Waals surface area (Å²) in [5.41, 5.74) is 5.98. The Labute approximate surface area is 134 Å². The van der Waals surface area contributed by atoms with E-state index in [1.165, 1.54) is 12.8 Å². The van der Waals surface area contributed by atoms with Gasteiger partial charge in [0.15, 0.2) is 0 Å². The Hall–Kier alpha value is -1.26. The van der Waals surface area contributed by atoms with Crippen molar-refractivity contribution in [3.05, 3.63) is 24.3 Å². The molecule has 0 amide bonds. The van der Waals surface area contributed by atoms with Crippen LogP contribution in [0.2, 0.25) is 0 Å². The van der Waals surface area contributed by atoms with Gasteiger partial charge in [0, 0.05) is 12.6 Å². The molecule has 4 heteroatoms. The Bertz CT molecular complexity index is 412. The van der Waals surface area contributed by atoms with Crippen molar-refractivity contribution in [3.8, 4) is 11.5 Å². The second-order valence-electron chi connectivity index (χ2n) is 6.21. The zero-order chi connectivity index (χ0) is 15.8. The van der Waals surface area contributed by atoms with Crippen LogP contribution in [0.25, 0.3) is 0 Å². The minimum Gasteiger partial charge on any atom is -0.494 e. The Morgan fingerprint density at radius 3 is 2.14 bits per heavy atom. The zero-order valence-electron chi connectivity index (χ0n) is 14.0. The highest BCUT2D eigenvalue weighted by molar-refractivity contribution is 5.31. The van der Waals surface area contributed by atoms with Crippen LogP contribution in [-0.4, -0.2) is 43.8 Å². The first-order valence-corrected chi connectivity index (χ1v) is 8.52. The molecule has 4 nitrogen and oxygen atoms in total. The molecule has 1 atom stereocenters. The Morgan fingerprint density at radius 1 is 1.09 bits per heavy atom. The van der Waals surface area contributed by atoms with E-state index in [-0.39, 0.29) is 0 Å². The smallest absolute Gasteiger partial charge is 0.119 e. The monoisotopic (exact) mass is 306 g/mol. The van der Waals surface area contributed by atoms with Gasteiger partial charge in [0.25, 0.3) is 0 Å². The maximum atomic E-state index is 5.98. The van der Waals surface area contributed by atoms with Crippen molar-refractivity contribution >= 4 is 0 Å². The summed E-state index contributed by atoms with van der Waals surface area (Å²) in [6, 6.07) is 8.23. The molecule has 0 bridgehead atoms. The van der Waals surface area contributed by atoms with Crippen LogP contribution in [0, 0.1) is 5.92 Å². The number of piperidine rings is 1. The van der Waals surface area contributed by atoms with Crippen LogP contribution in [0.1, 0.15) is 33.1 Å². The van der Waals surface area contributed by atoms with Crippen LogP contribution in [-0.2, 0) is 0 Å². The first-order chi connectivity index (χ1) is 10.7. The highest BCUT2D eigenvalue weighted by atomic mass is 16.5. The van der Waals surface area contributed by atoms with Crippen LogP contribution in [0.15, 0.2) is 24.3 Å². The van der Waals surface area contributed by atoms with Gasteiger partial charge < -0.3 is 15.2 Å². The van der Waals surface area contributed by atoms with E-state index in [2.05, 4.69) is 18.7 Å². The molecule has 0 spiro atoms. The number of hydrogen-bond donors (Lipinski definition) is 1. The van der Waals surface area contributed by atoms with Gasteiger partial charge in [-0.05, 0) is 69.5 Å². The van der Waals surface area contributed by atoms with Crippen molar-refractivity contribution in [2.45, 2.75) is 39.2 Å². The molecule has 0 aliphatic carbocycles. The third-order valence-corrected chi connectivity index (χ3v) is 4.35. The topological polar surface area (TPSA) is 47.7 Å². The Kier molecular flexibility index (Phi) is 7.00. The zero-order valence-corrected chi connectivity index (χ0v) is 14.0. The second-order valence-corrected chi connectivity index (χ2v) is 6.21. The van der Waals surface area contributed by atoms with E-state index in [1.807, 2.05) is 24.3 Å². The fraction of sp³-hybridized carbons (Fsp3) is 0.667. The quantitative estimate of drug-likeness (QED) is 0.802. The second kappa shape index (κ2) is 9.01. The summed E-state index contributed by atoms with van der Waals surface area (Å²) in [5, 5.41) is 0. The lowest BCUT2D eigenvalue weighted by atomic mass is 9.91. The van der Waals surface area contributed by atoms with Crippen LogP contribution in [0.3, 0.4) is 0 Å². The Morgan fingerprint density at radius 2 is 1.64 bits per heavy atom. The van der Waals surface area contributed by atoms with Crippen molar-refractivity contribution < 1.29 is 9.47 Å². The summed E-state index contributed by atoms with van der Waals surface area (Å²) >= 11 is 0. The van der Waals surface area contributed by atoms with Crippen molar-refractivity contribution in [2.24, 2.45) is 11.7 Å². The molecule has 1 saturated heterocycles. The van der Waals surface area contributed by atoms with Gasteiger partial charge in [-0.1, -0.05) is 6.92 Å². The number of ether oxygens (including phenoxy) is 2. The summed E-state index contributed by atoms with van der Waals surface area (Å²) in [6.45, 7) is 8.99. The summed E-state index contributed by atoms with van der Waals surface area (Å²) in [4.78, 5) is 2.47. The van der Waals surface area contributed by atoms with Crippen molar-refractivity contribution in [1.29, 1.82) is 0 Å². The van der Waals surface area contributed by atoms with E-state index in [9.17, 15) is 0 Å². The fourth-order valence-corrected chi connectivity index (χ4v) is 2.85. The average molecular weight is 306 g/mol. The number of nitrogens with two attached hydrogens (primary N) is 1. The molecule has 1 fully saturated rings. The third-order valence-electron chi connectivity index (χ3n) is 4.35. The van der Waals surface area contributed by atoms with Gasteiger partial charge in [0.05, 0.1) is 6.61 Å². The van der Waals surface area contributed by atoms with Crippen LogP contribution < -0.4 is 15.2 Å². The van der Waals surface area contributed by atoms with Gasteiger partial charge in [-0.15, -0.1) is 0 Å². The first kappa shape index (κ1) is 17.1. The van der Waals surface area contributed by atoms with E-state index < -0.39 is 0 Å². The fourth-order valence-electron chi connectivity index (χ4n) is 2.85. The molecule has 0 saturated carbocycles. The van der Waals surface area contributed by atoms with Gasteiger partial charge in [-0.3, -0.25) is 4.90 Å². The lowest BCUT2D eigenvalue weighted by Gasteiger charge is -2.33. The van der Waals surface area contributed by atoms with E-state index in [4.69, 9.17) is 15.2 Å². The number of benzene rings is 1. The number of nitrogens with zero attached hydrogens (tertiary/aromatic N) is 1. The largest absolute Gasteiger partial charge is 0.494 e. The van der Waals surface area contributed by atoms with Crippen molar-refractivity contribution in [2.75, 3.05) is 32.8 Å². The molecular weight excluding hydrogens is 276 g/mol. The normalized spacial score (nSPS) is 18.1. The predicted molar refractivity (Wildman–Crippen MR) is 90.5 cm³/mol. The molecule has 1 aliphatic heterocycles. The molecule has 1 heterocycles. The minimum absolute atomic E-state index is 0.326. The van der Waals surface area contributed by atoms with Crippen LogP contribution in [0.5, 0.6) is 11.5 Å². The highest BCUT2D eigenvalue weighted by Crippen LogP contribution is 2.20. The highest BCUT2D eigenvalue weighted by Gasteiger charge is 2.21. The molecule has 124 valence electrons. The van der Waals surface area contributed by atoms with E-state index >= 15 is 0 Å². The van der Waals surface area contributed by atoms with E-state index in [0.29, 0.717) is 12.0 Å². The minimum atomic E-state index is 0.326. The SMILES string of the molecule is CCCOc1ccc(OCCN2CCC(C(C)N)CC2)cc1. The predicted octanol–water partition coefficient (Wildman–Crippen LogP) is 2.91. The molecule has 1 aromatic carbocycles. The van der Waals surface area contributed by atoms with Crippen LogP contribution >= 0.6 is 0 Å².